The van der Waals surface area contributed by atoms with Crippen molar-refractivity contribution >= 4 is 11.6 Å². The lowest BCUT2D eigenvalue weighted by Gasteiger charge is -2.15. The average molecular weight is 190 g/mol. The minimum atomic E-state index is -0.309. The molecule has 1 aliphatic rings. The van der Waals surface area contributed by atoms with Crippen molar-refractivity contribution in [2.24, 2.45) is 5.73 Å². The molecule has 1 heterocycles. The SMILES string of the molecule is Cc1ccc(N2CC[C@H](N)C2=O)cc1. The Morgan fingerprint density at radius 2 is 2.00 bits per heavy atom. The van der Waals surface area contributed by atoms with Crippen LogP contribution in [0.2, 0.25) is 0 Å². The quantitative estimate of drug-likeness (QED) is 0.719. The summed E-state index contributed by atoms with van der Waals surface area (Å²) in [4.78, 5) is 13.3. The van der Waals surface area contributed by atoms with E-state index >= 15 is 0 Å². The van der Waals surface area contributed by atoms with Gasteiger partial charge in [-0.2, -0.15) is 0 Å². The normalized spacial score (nSPS) is 21.7. The number of carbonyl (C=O) groups excluding carboxylic acids is 1. The summed E-state index contributed by atoms with van der Waals surface area (Å²) < 4.78 is 0. The number of nitrogens with two attached hydrogens (primary N) is 1. The lowest BCUT2D eigenvalue weighted by molar-refractivity contribution is -0.118. The van der Waals surface area contributed by atoms with Crippen LogP contribution in [0.4, 0.5) is 5.69 Å². The van der Waals surface area contributed by atoms with Gasteiger partial charge in [0.25, 0.3) is 0 Å². The van der Waals surface area contributed by atoms with Crippen molar-refractivity contribution in [3.63, 3.8) is 0 Å². The molecule has 3 nitrogen and oxygen atoms in total. The van der Waals surface area contributed by atoms with Gasteiger partial charge in [0.2, 0.25) is 5.91 Å². The molecule has 1 atom stereocenters. The molecule has 1 aliphatic heterocycles. The summed E-state index contributed by atoms with van der Waals surface area (Å²) in [6.45, 7) is 2.77. The van der Waals surface area contributed by atoms with Crippen LogP contribution in [0.25, 0.3) is 0 Å². The van der Waals surface area contributed by atoms with E-state index in [-0.39, 0.29) is 11.9 Å². The van der Waals surface area contributed by atoms with Gasteiger partial charge in [0, 0.05) is 12.2 Å². The van der Waals surface area contributed by atoms with Gasteiger partial charge in [-0.1, -0.05) is 17.7 Å². The standard InChI is InChI=1S/C11H14N2O/c1-8-2-4-9(5-3-8)13-7-6-10(12)11(13)14/h2-5,10H,6-7,12H2,1H3/t10-/m0/s1. The van der Waals surface area contributed by atoms with E-state index in [0.29, 0.717) is 0 Å². The molecule has 14 heavy (non-hydrogen) atoms. The van der Waals surface area contributed by atoms with Crippen LogP contribution in [0, 0.1) is 6.92 Å². The Kier molecular flexibility index (Phi) is 2.25. The summed E-state index contributed by atoms with van der Waals surface area (Å²) in [5, 5.41) is 0. The van der Waals surface area contributed by atoms with Gasteiger partial charge >= 0.3 is 0 Å². The van der Waals surface area contributed by atoms with Gasteiger partial charge in [0.05, 0.1) is 6.04 Å². The number of benzene rings is 1. The number of nitrogens with zero attached hydrogens (tertiary/aromatic N) is 1. The number of hydrogen-bond acceptors (Lipinski definition) is 2. The Bertz CT molecular complexity index is 345. The molecule has 2 N–H and O–H groups in total. The van der Waals surface area contributed by atoms with Crippen LogP contribution in [0.3, 0.4) is 0 Å². The Labute approximate surface area is 83.5 Å². The lowest BCUT2D eigenvalue weighted by Crippen LogP contribution is -2.33. The maximum atomic E-state index is 11.6. The van der Waals surface area contributed by atoms with Gasteiger partial charge < -0.3 is 10.6 Å². The molecule has 1 fully saturated rings. The van der Waals surface area contributed by atoms with Crippen molar-refractivity contribution in [1.29, 1.82) is 0 Å². The fourth-order valence-electron chi connectivity index (χ4n) is 1.68. The average Bonchev–Trinajstić information content (AvgIpc) is 2.50. The Morgan fingerprint density at radius 1 is 1.36 bits per heavy atom. The molecule has 0 unspecified atom stereocenters. The summed E-state index contributed by atoms with van der Waals surface area (Å²) in [7, 11) is 0. The van der Waals surface area contributed by atoms with Crippen LogP contribution >= 0.6 is 0 Å². The van der Waals surface area contributed by atoms with Crippen LogP contribution in [-0.4, -0.2) is 18.5 Å². The summed E-state index contributed by atoms with van der Waals surface area (Å²) >= 11 is 0. The monoisotopic (exact) mass is 190 g/mol. The predicted molar refractivity (Wildman–Crippen MR) is 56.1 cm³/mol. The molecule has 0 aromatic heterocycles. The molecule has 3 heteroatoms. The van der Waals surface area contributed by atoms with Crippen molar-refractivity contribution in [2.45, 2.75) is 19.4 Å². The van der Waals surface area contributed by atoms with Crippen molar-refractivity contribution in [3.8, 4) is 0 Å². The molecular weight excluding hydrogens is 176 g/mol. The van der Waals surface area contributed by atoms with E-state index in [1.54, 1.807) is 4.90 Å². The van der Waals surface area contributed by atoms with Crippen molar-refractivity contribution in [3.05, 3.63) is 29.8 Å². The first-order valence-corrected chi connectivity index (χ1v) is 4.82. The topological polar surface area (TPSA) is 46.3 Å². The molecule has 0 spiro atoms. The highest BCUT2D eigenvalue weighted by Gasteiger charge is 2.29. The number of amides is 1. The maximum absolute atomic E-state index is 11.6. The number of carbonyl (C=O) groups is 1. The molecule has 1 saturated heterocycles. The number of anilines is 1. The van der Waals surface area contributed by atoms with Crippen LogP contribution in [0.15, 0.2) is 24.3 Å². The van der Waals surface area contributed by atoms with Gasteiger partial charge in [0.1, 0.15) is 0 Å². The first kappa shape index (κ1) is 9.21. The highest BCUT2D eigenvalue weighted by Crippen LogP contribution is 2.20. The zero-order valence-corrected chi connectivity index (χ0v) is 8.23. The van der Waals surface area contributed by atoms with E-state index < -0.39 is 0 Å². The van der Waals surface area contributed by atoms with Gasteiger partial charge in [-0.3, -0.25) is 4.79 Å². The lowest BCUT2D eigenvalue weighted by atomic mass is 10.2. The van der Waals surface area contributed by atoms with Crippen molar-refractivity contribution in [2.75, 3.05) is 11.4 Å². The summed E-state index contributed by atoms with van der Waals surface area (Å²) in [5.74, 6) is 0.0360. The third-order valence-electron chi connectivity index (χ3n) is 2.59. The molecule has 0 radical (unpaired) electrons. The fraction of sp³-hybridized carbons (Fsp3) is 0.364. The molecule has 0 saturated carbocycles. The van der Waals surface area contributed by atoms with Gasteiger partial charge in [-0.05, 0) is 25.5 Å². The molecule has 0 bridgehead atoms. The second kappa shape index (κ2) is 3.42. The summed E-state index contributed by atoms with van der Waals surface area (Å²) in [6.07, 6.45) is 0.757. The largest absolute Gasteiger partial charge is 0.320 e. The van der Waals surface area contributed by atoms with Gasteiger partial charge in [0.15, 0.2) is 0 Å². The van der Waals surface area contributed by atoms with E-state index in [4.69, 9.17) is 5.73 Å². The smallest absolute Gasteiger partial charge is 0.243 e. The molecule has 1 aromatic carbocycles. The molecule has 2 rings (SSSR count). The van der Waals surface area contributed by atoms with E-state index in [9.17, 15) is 4.79 Å². The van der Waals surface area contributed by atoms with Crippen LogP contribution in [0.1, 0.15) is 12.0 Å². The third-order valence-corrected chi connectivity index (χ3v) is 2.59. The molecule has 1 aromatic rings. The molecule has 0 aliphatic carbocycles. The Morgan fingerprint density at radius 3 is 2.50 bits per heavy atom. The highest BCUT2D eigenvalue weighted by atomic mass is 16.2. The van der Waals surface area contributed by atoms with E-state index in [0.717, 1.165) is 18.7 Å². The van der Waals surface area contributed by atoms with E-state index in [1.165, 1.54) is 5.56 Å². The summed E-state index contributed by atoms with van der Waals surface area (Å²) in [5.41, 5.74) is 7.80. The zero-order chi connectivity index (χ0) is 10.1. The molecule has 1 amide bonds. The minimum absolute atomic E-state index is 0.0360. The fourth-order valence-corrected chi connectivity index (χ4v) is 1.68. The van der Waals surface area contributed by atoms with E-state index in [1.807, 2.05) is 31.2 Å². The first-order valence-electron chi connectivity index (χ1n) is 4.82. The summed E-state index contributed by atoms with van der Waals surface area (Å²) in [6, 6.07) is 7.63. The number of rotatable bonds is 1. The second-order valence-electron chi connectivity index (χ2n) is 3.72. The van der Waals surface area contributed by atoms with Gasteiger partial charge in [-0.15, -0.1) is 0 Å². The first-order chi connectivity index (χ1) is 6.68. The van der Waals surface area contributed by atoms with Crippen LogP contribution < -0.4 is 10.6 Å². The maximum Gasteiger partial charge on any atom is 0.243 e. The zero-order valence-electron chi connectivity index (χ0n) is 8.23. The number of aryl methyl sites for hydroxylation is 1. The van der Waals surface area contributed by atoms with Gasteiger partial charge in [-0.25, -0.2) is 0 Å². The molecule has 74 valence electrons. The van der Waals surface area contributed by atoms with Crippen LogP contribution in [-0.2, 0) is 4.79 Å². The second-order valence-corrected chi connectivity index (χ2v) is 3.72. The van der Waals surface area contributed by atoms with Crippen molar-refractivity contribution in [1.82, 2.24) is 0 Å². The third kappa shape index (κ3) is 1.51. The van der Waals surface area contributed by atoms with E-state index in [2.05, 4.69) is 0 Å². The minimum Gasteiger partial charge on any atom is -0.320 e. The molecular formula is C11H14N2O. The van der Waals surface area contributed by atoms with Crippen molar-refractivity contribution < 1.29 is 4.79 Å². The Hall–Kier alpha value is -1.35. The van der Waals surface area contributed by atoms with Crippen LogP contribution in [0.5, 0.6) is 0 Å². The predicted octanol–water partition coefficient (Wildman–Crippen LogP) is 1.06. The number of hydrogen-bond donors (Lipinski definition) is 1. The highest BCUT2D eigenvalue weighted by molar-refractivity contribution is 5.99. The Balaban J connectivity index is 2.24.